The SMILES string of the molecule is O=S(Nc1cc(Cl)ccc1S(=O)(=O)Cc1ccn[nH]1)c1cc2ccccc2o1. The van der Waals surface area contributed by atoms with E-state index in [0.717, 1.165) is 5.39 Å². The number of hydrogen-bond donors (Lipinski definition) is 2. The second-order valence-electron chi connectivity index (χ2n) is 5.96. The molecule has 0 spiro atoms. The number of anilines is 1. The highest BCUT2D eigenvalue weighted by molar-refractivity contribution is 7.91. The molecule has 7 nitrogen and oxygen atoms in total. The van der Waals surface area contributed by atoms with E-state index in [1.54, 1.807) is 18.2 Å². The lowest BCUT2D eigenvalue weighted by Gasteiger charge is -2.11. The highest BCUT2D eigenvalue weighted by Gasteiger charge is 2.22. The lowest BCUT2D eigenvalue weighted by molar-refractivity contribution is 0.504. The summed E-state index contributed by atoms with van der Waals surface area (Å²) in [6.07, 6.45) is 1.47. The first-order chi connectivity index (χ1) is 13.4. The molecule has 0 fully saturated rings. The zero-order chi connectivity index (χ0) is 19.7. The Morgan fingerprint density at radius 1 is 1.14 bits per heavy atom. The van der Waals surface area contributed by atoms with Crippen LogP contribution >= 0.6 is 11.6 Å². The number of fused-ring (bicyclic) bond motifs is 1. The Morgan fingerprint density at radius 2 is 1.96 bits per heavy atom. The van der Waals surface area contributed by atoms with Crippen molar-refractivity contribution in [3.8, 4) is 0 Å². The largest absolute Gasteiger partial charge is 0.445 e. The predicted octanol–water partition coefficient (Wildman–Crippen LogP) is 3.92. The van der Waals surface area contributed by atoms with Gasteiger partial charge in [-0.05, 0) is 30.3 Å². The third kappa shape index (κ3) is 3.82. The van der Waals surface area contributed by atoms with Crippen LogP contribution in [0.2, 0.25) is 5.02 Å². The van der Waals surface area contributed by atoms with Gasteiger partial charge in [-0.15, -0.1) is 0 Å². The van der Waals surface area contributed by atoms with E-state index in [9.17, 15) is 12.6 Å². The molecule has 0 radical (unpaired) electrons. The Hall–Kier alpha value is -2.62. The van der Waals surface area contributed by atoms with Crippen molar-refractivity contribution in [2.75, 3.05) is 4.72 Å². The highest BCUT2D eigenvalue weighted by atomic mass is 35.5. The fourth-order valence-corrected chi connectivity index (χ4v) is 5.25. The summed E-state index contributed by atoms with van der Waals surface area (Å²) in [5.41, 5.74) is 1.16. The summed E-state index contributed by atoms with van der Waals surface area (Å²) >= 11 is 6.03. The summed E-state index contributed by atoms with van der Waals surface area (Å²) in [4.78, 5) is -0.0176. The van der Waals surface area contributed by atoms with Gasteiger partial charge in [0.15, 0.2) is 20.8 Å². The zero-order valence-corrected chi connectivity index (χ0v) is 16.6. The number of aromatic amines is 1. The van der Waals surface area contributed by atoms with Crippen LogP contribution in [0.25, 0.3) is 11.0 Å². The van der Waals surface area contributed by atoms with Crippen molar-refractivity contribution in [1.82, 2.24) is 10.2 Å². The average Bonchev–Trinajstić information content (AvgIpc) is 3.30. The first-order valence-electron chi connectivity index (χ1n) is 8.10. The van der Waals surface area contributed by atoms with Crippen LogP contribution in [-0.2, 0) is 26.6 Å². The van der Waals surface area contributed by atoms with Gasteiger partial charge in [0.05, 0.1) is 22.0 Å². The first kappa shape index (κ1) is 18.7. The molecule has 1 atom stereocenters. The summed E-state index contributed by atoms with van der Waals surface area (Å²) in [6.45, 7) is 0. The van der Waals surface area contributed by atoms with Crippen LogP contribution in [0.1, 0.15) is 5.69 Å². The number of hydrogen-bond acceptors (Lipinski definition) is 5. The molecule has 0 saturated carbocycles. The Morgan fingerprint density at radius 3 is 2.71 bits per heavy atom. The number of H-pyrrole nitrogens is 1. The molecule has 4 rings (SSSR count). The maximum absolute atomic E-state index is 12.8. The second-order valence-corrected chi connectivity index (χ2v) is 9.49. The number of halogens is 1. The fraction of sp³-hybridized carbons (Fsp3) is 0.0556. The van der Waals surface area contributed by atoms with Gasteiger partial charge in [0, 0.05) is 22.7 Å². The lowest BCUT2D eigenvalue weighted by Crippen LogP contribution is -2.11. The zero-order valence-electron chi connectivity index (χ0n) is 14.3. The van der Waals surface area contributed by atoms with Crippen LogP contribution in [-0.4, -0.2) is 22.8 Å². The minimum atomic E-state index is -3.74. The molecule has 144 valence electrons. The van der Waals surface area contributed by atoms with Gasteiger partial charge in [-0.2, -0.15) is 5.10 Å². The van der Waals surface area contributed by atoms with Crippen LogP contribution in [0.4, 0.5) is 5.69 Å². The molecule has 0 aliphatic heterocycles. The van der Waals surface area contributed by atoms with Gasteiger partial charge in [-0.3, -0.25) is 9.82 Å². The molecule has 0 amide bonds. The van der Waals surface area contributed by atoms with Crippen molar-refractivity contribution in [2.24, 2.45) is 0 Å². The molecule has 28 heavy (non-hydrogen) atoms. The van der Waals surface area contributed by atoms with E-state index in [0.29, 0.717) is 16.3 Å². The van der Waals surface area contributed by atoms with E-state index in [1.165, 1.54) is 24.4 Å². The quantitative estimate of drug-likeness (QED) is 0.477. The molecular formula is C18H14ClN3O4S2. The van der Waals surface area contributed by atoms with Crippen molar-refractivity contribution in [3.63, 3.8) is 0 Å². The molecule has 0 aliphatic rings. The number of sulfone groups is 1. The third-order valence-corrected chi connectivity index (χ3v) is 6.89. The number of benzene rings is 2. The van der Waals surface area contributed by atoms with E-state index in [2.05, 4.69) is 14.9 Å². The number of para-hydroxylation sites is 1. The molecular weight excluding hydrogens is 422 g/mol. The van der Waals surface area contributed by atoms with Gasteiger partial charge in [0.1, 0.15) is 5.58 Å². The molecule has 0 aliphatic carbocycles. The Balaban J connectivity index is 1.67. The maximum Gasteiger partial charge on any atom is 0.212 e. The van der Waals surface area contributed by atoms with Crippen molar-refractivity contribution in [3.05, 3.63) is 71.5 Å². The molecule has 2 aromatic carbocycles. The number of furan rings is 1. The monoisotopic (exact) mass is 435 g/mol. The Kier molecular flexibility index (Phi) is 4.96. The van der Waals surface area contributed by atoms with E-state index >= 15 is 0 Å². The molecule has 0 saturated heterocycles. The molecule has 0 bridgehead atoms. The van der Waals surface area contributed by atoms with Gasteiger partial charge in [0.25, 0.3) is 0 Å². The van der Waals surface area contributed by atoms with Crippen molar-refractivity contribution < 1.29 is 17.0 Å². The van der Waals surface area contributed by atoms with Crippen LogP contribution in [0.15, 0.2) is 75.2 Å². The summed E-state index contributed by atoms with van der Waals surface area (Å²) in [5.74, 6) is -0.277. The van der Waals surface area contributed by atoms with Crippen LogP contribution in [0.3, 0.4) is 0 Å². The summed E-state index contributed by atoms with van der Waals surface area (Å²) in [6, 6.07) is 14.7. The van der Waals surface area contributed by atoms with Crippen LogP contribution in [0.5, 0.6) is 0 Å². The molecule has 10 heteroatoms. The van der Waals surface area contributed by atoms with E-state index in [-0.39, 0.29) is 21.4 Å². The third-order valence-electron chi connectivity index (χ3n) is 3.97. The summed E-state index contributed by atoms with van der Waals surface area (Å²) in [5, 5.41) is 7.67. The molecule has 2 aromatic heterocycles. The number of nitrogens with zero attached hydrogens (tertiary/aromatic N) is 1. The summed E-state index contributed by atoms with van der Waals surface area (Å²) in [7, 11) is -5.56. The van der Waals surface area contributed by atoms with Crippen molar-refractivity contribution in [2.45, 2.75) is 15.7 Å². The van der Waals surface area contributed by atoms with Crippen molar-refractivity contribution in [1.29, 1.82) is 0 Å². The molecule has 2 N–H and O–H groups in total. The van der Waals surface area contributed by atoms with Crippen molar-refractivity contribution >= 4 is 49.1 Å². The lowest BCUT2D eigenvalue weighted by atomic mass is 10.3. The number of rotatable bonds is 6. The van der Waals surface area contributed by atoms with E-state index in [4.69, 9.17) is 16.0 Å². The second kappa shape index (κ2) is 7.42. The number of aromatic nitrogens is 2. The van der Waals surface area contributed by atoms with Gasteiger partial charge in [-0.1, -0.05) is 29.8 Å². The van der Waals surface area contributed by atoms with Gasteiger partial charge in [0.2, 0.25) is 5.09 Å². The minimum Gasteiger partial charge on any atom is -0.445 e. The summed E-state index contributed by atoms with van der Waals surface area (Å²) < 4.78 is 46.7. The van der Waals surface area contributed by atoms with E-state index < -0.39 is 20.8 Å². The van der Waals surface area contributed by atoms with Crippen LogP contribution < -0.4 is 4.72 Å². The van der Waals surface area contributed by atoms with Gasteiger partial charge in [-0.25, -0.2) is 12.6 Å². The molecule has 4 aromatic rings. The van der Waals surface area contributed by atoms with Gasteiger partial charge < -0.3 is 4.42 Å². The van der Waals surface area contributed by atoms with Gasteiger partial charge >= 0.3 is 0 Å². The number of nitrogens with one attached hydrogen (secondary N) is 2. The Bertz CT molecular complexity index is 1230. The maximum atomic E-state index is 12.8. The van der Waals surface area contributed by atoms with Crippen LogP contribution in [0, 0.1) is 0 Å². The minimum absolute atomic E-state index is 0.0176. The normalized spacial score (nSPS) is 12.9. The standard InChI is InChI=1S/C18H14ClN3O4S2/c19-13-5-6-17(28(24,25)11-14-7-8-20-21-14)15(10-13)22-27(23)18-9-12-3-1-2-4-16(12)26-18/h1-10,22H,11H2,(H,20,21). The average molecular weight is 436 g/mol. The molecule has 1 unspecified atom stereocenters. The first-order valence-corrected chi connectivity index (χ1v) is 11.3. The predicted molar refractivity (Wildman–Crippen MR) is 107 cm³/mol. The Labute approximate surface area is 168 Å². The van der Waals surface area contributed by atoms with E-state index in [1.807, 2.05) is 18.2 Å². The molecule has 2 heterocycles. The highest BCUT2D eigenvalue weighted by Crippen LogP contribution is 2.30. The smallest absolute Gasteiger partial charge is 0.212 e. The topological polar surface area (TPSA) is 105 Å². The fourth-order valence-electron chi connectivity index (χ4n) is 2.70.